The topological polar surface area (TPSA) is 41.1 Å². The summed E-state index contributed by atoms with van der Waals surface area (Å²) >= 11 is 1.76. The van der Waals surface area contributed by atoms with Crippen LogP contribution in [0.4, 0.5) is 0 Å². The van der Waals surface area contributed by atoms with Crippen molar-refractivity contribution in [2.75, 3.05) is 24.6 Å². The van der Waals surface area contributed by atoms with Gasteiger partial charge in [-0.15, -0.1) is 0 Å². The van der Waals surface area contributed by atoms with E-state index in [9.17, 15) is 4.79 Å². The van der Waals surface area contributed by atoms with Gasteiger partial charge in [0.2, 0.25) is 5.91 Å². The van der Waals surface area contributed by atoms with Gasteiger partial charge in [0.05, 0.1) is 5.75 Å². The van der Waals surface area contributed by atoms with Crippen molar-refractivity contribution in [2.24, 2.45) is 5.92 Å². The van der Waals surface area contributed by atoms with Crippen molar-refractivity contribution in [3.05, 3.63) is 0 Å². The maximum atomic E-state index is 11.4. The number of hydrogen-bond acceptors (Lipinski definition) is 3. The molecule has 1 amide bonds. The second kappa shape index (κ2) is 8.81. The first-order valence-electron chi connectivity index (χ1n) is 6.85. The van der Waals surface area contributed by atoms with Crippen LogP contribution in [0.5, 0.6) is 0 Å². The Hall–Kier alpha value is -0.220. The fourth-order valence-electron chi connectivity index (χ4n) is 2.51. The number of rotatable bonds is 8. The molecule has 2 N–H and O–H groups in total. The molecule has 1 aliphatic carbocycles. The standard InChI is InChI=1S/C13H26N2OS/c1-3-14-12(11-7-5-6-8-11)9-17-10-13(16)15-4-2/h11-12,14H,3-10H2,1-2H3,(H,15,16). The lowest BCUT2D eigenvalue weighted by Gasteiger charge is -2.23. The molecule has 0 aromatic heterocycles. The first-order chi connectivity index (χ1) is 8.27. The first-order valence-corrected chi connectivity index (χ1v) is 8.01. The molecule has 1 fully saturated rings. The van der Waals surface area contributed by atoms with Gasteiger partial charge in [-0.2, -0.15) is 11.8 Å². The Morgan fingerprint density at radius 1 is 1.29 bits per heavy atom. The fraction of sp³-hybridized carbons (Fsp3) is 0.923. The van der Waals surface area contributed by atoms with E-state index in [1.54, 1.807) is 11.8 Å². The van der Waals surface area contributed by atoms with Gasteiger partial charge in [0.25, 0.3) is 0 Å². The molecule has 1 saturated carbocycles. The van der Waals surface area contributed by atoms with Crippen molar-refractivity contribution in [3.8, 4) is 0 Å². The Bertz CT molecular complexity index is 217. The highest BCUT2D eigenvalue weighted by molar-refractivity contribution is 8.00. The van der Waals surface area contributed by atoms with E-state index in [-0.39, 0.29) is 5.91 Å². The van der Waals surface area contributed by atoms with E-state index >= 15 is 0 Å². The highest BCUT2D eigenvalue weighted by atomic mass is 32.2. The summed E-state index contributed by atoms with van der Waals surface area (Å²) in [6, 6.07) is 0.599. The molecule has 1 aliphatic rings. The highest BCUT2D eigenvalue weighted by Crippen LogP contribution is 2.29. The van der Waals surface area contributed by atoms with E-state index in [1.807, 2.05) is 6.92 Å². The monoisotopic (exact) mass is 258 g/mol. The number of nitrogens with one attached hydrogen (secondary N) is 2. The minimum absolute atomic E-state index is 0.166. The van der Waals surface area contributed by atoms with Crippen LogP contribution in [0.15, 0.2) is 0 Å². The van der Waals surface area contributed by atoms with Crippen LogP contribution >= 0.6 is 11.8 Å². The smallest absolute Gasteiger partial charge is 0.229 e. The molecule has 4 heteroatoms. The summed E-state index contributed by atoms with van der Waals surface area (Å²) < 4.78 is 0. The third kappa shape index (κ3) is 5.77. The molecule has 0 bridgehead atoms. The molecule has 0 radical (unpaired) electrons. The Morgan fingerprint density at radius 3 is 2.59 bits per heavy atom. The lowest BCUT2D eigenvalue weighted by molar-refractivity contribution is -0.118. The quantitative estimate of drug-likeness (QED) is 0.700. The third-order valence-corrected chi connectivity index (χ3v) is 4.40. The summed E-state index contributed by atoms with van der Waals surface area (Å²) in [5.74, 6) is 2.66. The zero-order valence-electron chi connectivity index (χ0n) is 11.1. The molecule has 0 aromatic carbocycles. The van der Waals surface area contributed by atoms with Crippen LogP contribution in [0.25, 0.3) is 0 Å². The predicted molar refractivity (Wildman–Crippen MR) is 75.4 cm³/mol. The van der Waals surface area contributed by atoms with Gasteiger partial charge in [-0.3, -0.25) is 4.79 Å². The van der Waals surface area contributed by atoms with Gasteiger partial charge in [-0.25, -0.2) is 0 Å². The second-order valence-electron chi connectivity index (χ2n) is 4.68. The number of hydrogen-bond donors (Lipinski definition) is 2. The summed E-state index contributed by atoms with van der Waals surface area (Å²) in [4.78, 5) is 11.4. The van der Waals surface area contributed by atoms with E-state index in [4.69, 9.17) is 0 Å². The van der Waals surface area contributed by atoms with Gasteiger partial charge in [-0.05, 0) is 32.2 Å². The van der Waals surface area contributed by atoms with Crippen LogP contribution in [-0.4, -0.2) is 36.5 Å². The Balaban J connectivity index is 2.21. The fourth-order valence-corrected chi connectivity index (χ4v) is 3.56. The number of carbonyl (C=O) groups excluding carboxylic acids is 1. The van der Waals surface area contributed by atoms with Crippen molar-refractivity contribution in [2.45, 2.75) is 45.6 Å². The second-order valence-corrected chi connectivity index (χ2v) is 5.71. The third-order valence-electron chi connectivity index (χ3n) is 3.34. The molecule has 1 atom stereocenters. The Kier molecular flexibility index (Phi) is 7.69. The van der Waals surface area contributed by atoms with Gasteiger partial charge in [0.1, 0.15) is 0 Å². The maximum Gasteiger partial charge on any atom is 0.229 e. The molecular formula is C13H26N2OS. The zero-order chi connectivity index (χ0) is 12.5. The summed E-state index contributed by atoms with van der Waals surface area (Å²) in [5, 5.41) is 6.42. The SMILES string of the molecule is CCNC(=O)CSCC(NCC)C1CCCC1. The van der Waals surface area contributed by atoms with Gasteiger partial charge in [0, 0.05) is 18.3 Å². The largest absolute Gasteiger partial charge is 0.356 e. The normalized spacial score (nSPS) is 18.2. The number of thioether (sulfide) groups is 1. The number of carbonyl (C=O) groups is 1. The molecule has 0 saturated heterocycles. The van der Waals surface area contributed by atoms with E-state index in [0.29, 0.717) is 11.8 Å². The molecule has 1 unspecified atom stereocenters. The van der Waals surface area contributed by atoms with Crippen LogP contribution < -0.4 is 10.6 Å². The van der Waals surface area contributed by atoms with Gasteiger partial charge in [0.15, 0.2) is 0 Å². The lowest BCUT2D eigenvalue weighted by atomic mass is 10.00. The van der Waals surface area contributed by atoms with E-state index in [1.165, 1.54) is 25.7 Å². The van der Waals surface area contributed by atoms with Crippen molar-refractivity contribution in [1.82, 2.24) is 10.6 Å². The van der Waals surface area contributed by atoms with E-state index in [2.05, 4.69) is 17.6 Å². The van der Waals surface area contributed by atoms with Crippen molar-refractivity contribution < 1.29 is 4.79 Å². The first kappa shape index (κ1) is 14.8. The van der Waals surface area contributed by atoms with Crippen LogP contribution in [0.1, 0.15) is 39.5 Å². The average Bonchev–Trinajstić information content (AvgIpc) is 2.81. The molecule has 17 heavy (non-hydrogen) atoms. The van der Waals surface area contributed by atoms with E-state index < -0.39 is 0 Å². The molecule has 100 valence electrons. The summed E-state index contributed by atoms with van der Waals surface area (Å²) in [5.41, 5.74) is 0. The molecule has 0 aromatic rings. The van der Waals surface area contributed by atoms with Gasteiger partial charge >= 0.3 is 0 Å². The summed E-state index contributed by atoms with van der Waals surface area (Å²) in [7, 11) is 0. The lowest BCUT2D eigenvalue weighted by Crippen LogP contribution is -2.37. The summed E-state index contributed by atoms with van der Waals surface area (Å²) in [6.07, 6.45) is 5.49. The van der Waals surface area contributed by atoms with Gasteiger partial charge < -0.3 is 10.6 Å². The highest BCUT2D eigenvalue weighted by Gasteiger charge is 2.24. The Labute approximate surface area is 109 Å². The maximum absolute atomic E-state index is 11.4. The molecule has 1 rings (SSSR count). The minimum atomic E-state index is 0.166. The van der Waals surface area contributed by atoms with Crippen LogP contribution in [0, 0.1) is 5.92 Å². The van der Waals surface area contributed by atoms with Crippen LogP contribution in [0.3, 0.4) is 0 Å². The summed E-state index contributed by atoms with van der Waals surface area (Å²) in [6.45, 7) is 5.89. The van der Waals surface area contributed by atoms with Crippen LogP contribution in [-0.2, 0) is 4.79 Å². The average molecular weight is 258 g/mol. The van der Waals surface area contributed by atoms with E-state index in [0.717, 1.165) is 24.8 Å². The van der Waals surface area contributed by atoms with Crippen molar-refractivity contribution >= 4 is 17.7 Å². The zero-order valence-corrected chi connectivity index (χ0v) is 11.9. The Morgan fingerprint density at radius 2 is 2.00 bits per heavy atom. The molecular weight excluding hydrogens is 232 g/mol. The minimum Gasteiger partial charge on any atom is -0.356 e. The van der Waals surface area contributed by atoms with Crippen molar-refractivity contribution in [1.29, 1.82) is 0 Å². The molecule has 0 aliphatic heterocycles. The number of amides is 1. The van der Waals surface area contributed by atoms with Crippen LogP contribution in [0.2, 0.25) is 0 Å². The predicted octanol–water partition coefficient (Wildman–Crippen LogP) is 2.02. The molecule has 0 spiro atoms. The van der Waals surface area contributed by atoms with Crippen molar-refractivity contribution in [3.63, 3.8) is 0 Å². The molecule has 0 heterocycles. The van der Waals surface area contributed by atoms with Gasteiger partial charge in [-0.1, -0.05) is 19.8 Å². The molecule has 3 nitrogen and oxygen atoms in total.